The van der Waals surface area contributed by atoms with Crippen molar-refractivity contribution in [2.75, 3.05) is 37.6 Å². The van der Waals surface area contributed by atoms with Gasteiger partial charge in [-0.1, -0.05) is 25.0 Å². The molecule has 2 N–H and O–H groups in total. The summed E-state index contributed by atoms with van der Waals surface area (Å²) in [6.07, 6.45) is 7.50. The normalized spacial score (nSPS) is 41.9. The third kappa shape index (κ3) is 3.14. The highest BCUT2D eigenvalue weighted by atomic mass is 32.1. The average molecular weight is 508 g/mol. The molecule has 8 atom stereocenters. The molecular weight excluding hydrogens is 470 g/mol. The van der Waals surface area contributed by atoms with Crippen molar-refractivity contribution >= 4 is 33.3 Å². The molecule has 1 aromatic heterocycles. The van der Waals surface area contributed by atoms with Crippen molar-refractivity contribution in [2.45, 2.75) is 62.9 Å². The van der Waals surface area contributed by atoms with Crippen LogP contribution in [0.25, 0.3) is 10.1 Å². The summed E-state index contributed by atoms with van der Waals surface area (Å²) in [5.74, 6) is 4.65. The number of aliphatic hydroxyl groups is 2. The molecule has 3 aliphatic heterocycles. The van der Waals surface area contributed by atoms with Gasteiger partial charge in [-0.2, -0.15) is 4.37 Å². The van der Waals surface area contributed by atoms with Crippen molar-refractivity contribution in [3.05, 3.63) is 24.3 Å². The maximum atomic E-state index is 11.3. The highest BCUT2D eigenvalue weighted by Gasteiger charge is 2.62. The Hall–Kier alpha value is -1.74. The summed E-state index contributed by atoms with van der Waals surface area (Å²) >= 11 is 1.60. The van der Waals surface area contributed by atoms with Crippen molar-refractivity contribution in [3.8, 4) is 0 Å². The van der Waals surface area contributed by atoms with Crippen molar-refractivity contribution in [1.82, 2.24) is 14.2 Å². The van der Waals surface area contributed by atoms with Crippen LogP contribution in [0.4, 0.5) is 5.82 Å². The maximum absolute atomic E-state index is 11.3. The zero-order valence-corrected chi connectivity index (χ0v) is 21.7. The van der Waals surface area contributed by atoms with Crippen LogP contribution in [0.3, 0.4) is 0 Å². The molecule has 2 saturated heterocycles. The quantitative estimate of drug-likeness (QED) is 0.664. The zero-order chi connectivity index (χ0) is 24.0. The average Bonchev–Trinajstić information content (AvgIpc) is 3.33. The molecule has 0 radical (unpaired) electrons. The van der Waals surface area contributed by atoms with E-state index in [2.05, 4.69) is 39.0 Å². The van der Waals surface area contributed by atoms with Crippen LogP contribution >= 0.6 is 11.5 Å². The van der Waals surface area contributed by atoms with Crippen molar-refractivity contribution < 1.29 is 10.2 Å². The number of hydrogen-bond acceptors (Lipinski definition) is 8. The Bertz CT molecular complexity index is 1170. The summed E-state index contributed by atoms with van der Waals surface area (Å²) in [5.41, 5.74) is -0.0517. The number of amidine groups is 1. The van der Waals surface area contributed by atoms with Crippen molar-refractivity contribution in [3.63, 3.8) is 0 Å². The smallest absolute Gasteiger partial charge is 0.150 e. The molecule has 1 aromatic carbocycles. The standard InChI is InChI=1S/C28H37N5O2S/c34-25-22-17-8-9-18(15-17)23(22)26(35)33(25)16-19-5-3-4-10-28(19)27(29-28)32-13-11-31(12-14-32)24-20-6-1-2-7-21(20)36-30-24/h1-2,6-7,17-19,22-23,25-26,34-35H,3-5,8-16H2. The molecule has 3 aliphatic carbocycles. The van der Waals surface area contributed by atoms with E-state index in [0.29, 0.717) is 17.8 Å². The second-order valence-corrected chi connectivity index (χ2v) is 13.1. The summed E-state index contributed by atoms with van der Waals surface area (Å²) < 4.78 is 6.03. The molecule has 4 heterocycles. The van der Waals surface area contributed by atoms with E-state index in [1.165, 1.54) is 48.0 Å². The predicted molar refractivity (Wildman–Crippen MR) is 142 cm³/mol. The highest BCUT2D eigenvalue weighted by Crippen LogP contribution is 2.59. The van der Waals surface area contributed by atoms with Crippen LogP contribution in [0, 0.1) is 29.6 Å². The lowest BCUT2D eigenvalue weighted by Gasteiger charge is -2.40. The second kappa shape index (κ2) is 8.13. The summed E-state index contributed by atoms with van der Waals surface area (Å²) in [7, 11) is 0. The summed E-state index contributed by atoms with van der Waals surface area (Å²) in [5, 5.41) is 23.8. The SMILES string of the molecule is OC1C2C3CCC(C3)C2C(O)N1CC1CCCCC12N=C2N1CCN(c2nsc3ccccc23)CC1. The van der Waals surface area contributed by atoms with Crippen LogP contribution < -0.4 is 4.90 Å². The molecule has 2 aromatic rings. The molecule has 3 saturated carbocycles. The van der Waals surface area contributed by atoms with E-state index < -0.39 is 12.5 Å². The lowest BCUT2D eigenvalue weighted by Crippen LogP contribution is -2.53. The van der Waals surface area contributed by atoms with Crippen LogP contribution in [0.15, 0.2) is 29.3 Å². The fourth-order valence-electron chi connectivity index (χ4n) is 8.98. The first-order valence-corrected chi connectivity index (χ1v) is 15.0. The minimum absolute atomic E-state index is 0.0517. The zero-order valence-electron chi connectivity index (χ0n) is 20.9. The van der Waals surface area contributed by atoms with Crippen LogP contribution in [-0.2, 0) is 0 Å². The topological polar surface area (TPSA) is 75.4 Å². The third-order valence-corrected chi connectivity index (χ3v) is 11.6. The number of aliphatic imine (C=N–C) groups is 1. The fourth-order valence-corrected chi connectivity index (χ4v) is 9.78. The largest absolute Gasteiger partial charge is 0.378 e. The van der Waals surface area contributed by atoms with E-state index in [9.17, 15) is 10.2 Å². The molecule has 192 valence electrons. The van der Waals surface area contributed by atoms with Gasteiger partial charge in [-0.05, 0) is 67.6 Å². The summed E-state index contributed by atoms with van der Waals surface area (Å²) in [4.78, 5) is 12.3. The minimum atomic E-state index is -0.474. The van der Waals surface area contributed by atoms with E-state index >= 15 is 0 Å². The Morgan fingerprint density at radius 3 is 2.42 bits per heavy atom. The Labute approximate surface area is 217 Å². The van der Waals surface area contributed by atoms with Gasteiger partial charge in [0.1, 0.15) is 29.6 Å². The summed E-state index contributed by atoms with van der Waals surface area (Å²) in [6.45, 7) is 4.71. The Balaban J connectivity index is 0.952. The number of anilines is 1. The van der Waals surface area contributed by atoms with Crippen LogP contribution in [-0.4, -0.2) is 80.9 Å². The predicted octanol–water partition coefficient (Wildman–Crippen LogP) is 3.37. The second-order valence-electron chi connectivity index (χ2n) is 12.3. The first-order valence-electron chi connectivity index (χ1n) is 14.2. The van der Waals surface area contributed by atoms with E-state index in [1.807, 2.05) is 0 Å². The molecule has 1 spiro atoms. The van der Waals surface area contributed by atoms with Gasteiger partial charge in [0.2, 0.25) is 0 Å². The number of likely N-dealkylation sites (tertiary alicyclic amines) is 1. The van der Waals surface area contributed by atoms with Gasteiger partial charge >= 0.3 is 0 Å². The lowest BCUT2D eigenvalue weighted by atomic mass is 9.76. The molecule has 8 unspecified atom stereocenters. The monoisotopic (exact) mass is 507 g/mol. The first kappa shape index (κ1) is 22.3. The van der Waals surface area contributed by atoms with Gasteiger partial charge in [0.25, 0.3) is 0 Å². The third-order valence-electron chi connectivity index (χ3n) is 10.8. The van der Waals surface area contributed by atoms with Gasteiger partial charge in [0.15, 0.2) is 0 Å². The number of nitrogens with zero attached hydrogens (tertiary/aromatic N) is 5. The van der Waals surface area contributed by atoms with Crippen LogP contribution in [0.5, 0.6) is 0 Å². The van der Waals surface area contributed by atoms with Gasteiger partial charge in [0.05, 0.1) is 4.70 Å². The highest BCUT2D eigenvalue weighted by molar-refractivity contribution is 7.13. The number of piperazine rings is 1. The molecule has 0 amide bonds. The first-order chi connectivity index (χ1) is 17.6. The molecule has 36 heavy (non-hydrogen) atoms. The van der Waals surface area contributed by atoms with Gasteiger partial charge in [-0.15, -0.1) is 0 Å². The van der Waals surface area contributed by atoms with Crippen LogP contribution in [0.2, 0.25) is 0 Å². The Kier molecular flexibility index (Phi) is 5.03. The van der Waals surface area contributed by atoms with E-state index in [-0.39, 0.29) is 17.4 Å². The molecular formula is C28H37N5O2S. The number of hydrogen-bond donors (Lipinski definition) is 2. The number of rotatable bonds is 3. The van der Waals surface area contributed by atoms with E-state index in [4.69, 9.17) is 9.37 Å². The van der Waals surface area contributed by atoms with Crippen LogP contribution in [0.1, 0.15) is 44.9 Å². The van der Waals surface area contributed by atoms with E-state index in [0.717, 1.165) is 51.4 Å². The number of aliphatic hydroxyl groups excluding tert-OH is 2. The Morgan fingerprint density at radius 2 is 1.64 bits per heavy atom. The fraction of sp³-hybridized carbons (Fsp3) is 0.714. The summed E-state index contributed by atoms with van der Waals surface area (Å²) in [6, 6.07) is 8.54. The molecule has 8 heteroatoms. The number of fused-ring (bicyclic) bond motifs is 6. The number of benzene rings is 1. The maximum Gasteiger partial charge on any atom is 0.150 e. The molecule has 2 bridgehead atoms. The molecule has 6 aliphatic rings. The Morgan fingerprint density at radius 1 is 0.917 bits per heavy atom. The minimum Gasteiger partial charge on any atom is -0.378 e. The van der Waals surface area contributed by atoms with Gasteiger partial charge in [-0.3, -0.25) is 9.89 Å². The molecule has 7 nitrogen and oxygen atoms in total. The molecule has 5 fully saturated rings. The van der Waals surface area contributed by atoms with Gasteiger partial charge < -0.3 is 20.0 Å². The molecule has 8 rings (SSSR count). The van der Waals surface area contributed by atoms with Gasteiger partial charge in [0, 0.05) is 55.9 Å². The number of aromatic nitrogens is 1. The van der Waals surface area contributed by atoms with E-state index in [1.54, 1.807) is 11.5 Å². The van der Waals surface area contributed by atoms with Gasteiger partial charge in [-0.25, -0.2) is 0 Å². The lowest BCUT2D eigenvalue weighted by molar-refractivity contribution is -0.0858. The van der Waals surface area contributed by atoms with Crippen molar-refractivity contribution in [2.24, 2.45) is 34.6 Å². The van der Waals surface area contributed by atoms with Crippen molar-refractivity contribution in [1.29, 1.82) is 0 Å².